The van der Waals surface area contributed by atoms with Crippen LogP contribution in [0.4, 0.5) is 0 Å². The monoisotopic (exact) mass is 327 g/mol. The van der Waals surface area contributed by atoms with E-state index in [0.29, 0.717) is 30.4 Å². The second kappa shape index (κ2) is 7.56. The topological polar surface area (TPSA) is 75.0 Å². The summed E-state index contributed by atoms with van der Waals surface area (Å²) < 4.78 is 17.9. The van der Waals surface area contributed by atoms with Crippen molar-refractivity contribution < 1.29 is 19.0 Å². The number of imidazole rings is 1. The molecule has 0 aromatic carbocycles. The Balaban J connectivity index is 1.72. The maximum absolute atomic E-state index is 11.3. The molecule has 7 nitrogen and oxygen atoms in total. The van der Waals surface area contributed by atoms with Crippen LogP contribution in [-0.4, -0.2) is 41.0 Å². The third-order valence-electron chi connectivity index (χ3n) is 3.42. The van der Waals surface area contributed by atoms with Gasteiger partial charge in [-0.1, -0.05) is 6.07 Å². The first-order chi connectivity index (χ1) is 11.8. The van der Waals surface area contributed by atoms with Crippen LogP contribution < -0.4 is 9.47 Å². The van der Waals surface area contributed by atoms with E-state index in [9.17, 15) is 4.79 Å². The summed E-state index contributed by atoms with van der Waals surface area (Å²) in [5.74, 6) is 0.759. The Labute approximate surface area is 138 Å². The molecule has 0 bridgehead atoms. The Bertz CT molecular complexity index is 832. The lowest BCUT2D eigenvalue weighted by atomic mass is 10.2. The predicted octanol–water partition coefficient (Wildman–Crippen LogP) is 2.15. The van der Waals surface area contributed by atoms with Crippen LogP contribution >= 0.6 is 0 Å². The number of aldehydes is 1. The van der Waals surface area contributed by atoms with Crippen molar-refractivity contribution >= 4 is 11.9 Å². The average Bonchev–Trinajstić information content (AvgIpc) is 3.10. The fourth-order valence-corrected chi connectivity index (χ4v) is 2.24. The minimum absolute atomic E-state index is 0.285. The van der Waals surface area contributed by atoms with Crippen molar-refractivity contribution in [3.63, 3.8) is 0 Å². The molecule has 0 aliphatic heterocycles. The zero-order chi connectivity index (χ0) is 16.8. The van der Waals surface area contributed by atoms with Gasteiger partial charge in [0.2, 0.25) is 5.88 Å². The molecule has 0 aliphatic carbocycles. The second-order valence-electron chi connectivity index (χ2n) is 5.00. The van der Waals surface area contributed by atoms with Gasteiger partial charge in [-0.2, -0.15) is 0 Å². The largest absolute Gasteiger partial charge is 0.486 e. The van der Waals surface area contributed by atoms with Crippen LogP contribution in [0.25, 0.3) is 5.65 Å². The van der Waals surface area contributed by atoms with Gasteiger partial charge in [-0.3, -0.25) is 4.79 Å². The molecule has 0 N–H and O–H groups in total. The lowest BCUT2D eigenvalue weighted by Crippen LogP contribution is -2.06. The summed E-state index contributed by atoms with van der Waals surface area (Å²) in [5.41, 5.74) is 2.12. The number of aromatic nitrogens is 3. The van der Waals surface area contributed by atoms with Gasteiger partial charge in [0.05, 0.1) is 18.4 Å². The fraction of sp³-hybridized carbons (Fsp3) is 0.235. The maximum atomic E-state index is 11.3. The van der Waals surface area contributed by atoms with Crippen molar-refractivity contribution in [1.82, 2.24) is 14.4 Å². The Morgan fingerprint density at radius 3 is 2.96 bits per heavy atom. The molecule has 0 atom stereocenters. The predicted molar refractivity (Wildman–Crippen MR) is 86.5 cm³/mol. The Morgan fingerprint density at radius 1 is 1.21 bits per heavy atom. The first kappa shape index (κ1) is 15.9. The van der Waals surface area contributed by atoms with Gasteiger partial charge in [0.25, 0.3) is 0 Å². The molecular weight excluding hydrogens is 310 g/mol. The van der Waals surface area contributed by atoms with E-state index >= 15 is 0 Å². The van der Waals surface area contributed by atoms with Crippen LogP contribution in [0.5, 0.6) is 11.6 Å². The van der Waals surface area contributed by atoms with Crippen LogP contribution in [-0.2, 0) is 11.3 Å². The summed E-state index contributed by atoms with van der Waals surface area (Å²) in [4.78, 5) is 19.7. The van der Waals surface area contributed by atoms with E-state index in [-0.39, 0.29) is 6.61 Å². The summed E-state index contributed by atoms with van der Waals surface area (Å²) in [7, 11) is 1.59. The molecule has 0 amide bonds. The SMILES string of the molecule is COCCOc1cc(C=O)c(OCc2cccn3ccnc23)cn1. The van der Waals surface area contributed by atoms with Gasteiger partial charge in [0.15, 0.2) is 6.29 Å². The average molecular weight is 327 g/mol. The van der Waals surface area contributed by atoms with Gasteiger partial charge in [-0.25, -0.2) is 9.97 Å². The first-order valence-corrected chi connectivity index (χ1v) is 7.42. The maximum Gasteiger partial charge on any atom is 0.214 e. The molecule has 0 unspecified atom stereocenters. The first-order valence-electron chi connectivity index (χ1n) is 7.42. The molecule has 0 spiro atoms. The summed E-state index contributed by atoms with van der Waals surface area (Å²) in [6.07, 6.45) is 7.71. The molecule has 3 heterocycles. The van der Waals surface area contributed by atoms with Crippen LogP contribution in [0, 0.1) is 0 Å². The van der Waals surface area contributed by atoms with Gasteiger partial charge in [0, 0.05) is 37.3 Å². The molecule has 24 heavy (non-hydrogen) atoms. The molecule has 3 aromatic rings. The standard InChI is InChI=1S/C17H17N3O4/c1-22-7-8-23-16-9-14(11-21)15(10-19-16)24-12-13-3-2-5-20-6-4-18-17(13)20/h2-6,9-11H,7-8,12H2,1H3. The second-order valence-corrected chi connectivity index (χ2v) is 5.00. The molecule has 0 saturated heterocycles. The quantitative estimate of drug-likeness (QED) is 0.466. The third-order valence-corrected chi connectivity index (χ3v) is 3.42. The van der Waals surface area contributed by atoms with E-state index in [1.54, 1.807) is 19.4 Å². The molecule has 0 fully saturated rings. The molecule has 0 aliphatic rings. The lowest BCUT2D eigenvalue weighted by Gasteiger charge is -2.10. The van der Waals surface area contributed by atoms with E-state index in [4.69, 9.17) is 14.2 Å². The fourth-order valence-electron chi connectivity index (χ4n) is 2.24. The van der Waals surface area contributed by atoms with E-state index < -0.39 is 0 Å². The smallest absolute Gasteiger partial charge is 0.214 e. The molecule has 0 radical (unpaired) electrons. The highest BCUT2D eigenvalue weighted by Crippen LogP contribution is 2.22. The van der Waals surface area contributed by atoms with Crippen molar-refractivity contribution in [2.75, 3.05) is 20.3 Å². The number of nitrogens with zero attached hydrogens (tertiary/aromatic N) is 3. The number of carbonyl (C=O) groups excluding carboxylic acids is 1. The third kappa shape index (κ3) is 3.52. The van der Waals surface area contributed by atoms with Crippen molar-refractivity contribution in [2.45, 2.75) is 6.61 Å². The van der Waals surface area contributed by atoms with Gasteiger partial charge in [0.1, 0.15) is 24.6 Å². The number of hydrogen-bond donors (Lipinski definition) is 0. The highest BCUT2D eigenvalue weighted by Gasteiger charge is 2.09. The van der Waals surface area contributed by atoms with Crippen molar-refractivity contribution in [3.8, 4) is 11.6 Å². The zero-order valence-corrected chi connectivity index (χ0v) is 13.2. The van der Waals surface area contributed by atoms with E-state index in [1.165, 1.54) is 6.20 Å². The summed E-state index contributed by atoms with van der Waals surface area (Å²) in [6.45, 7) is 1.10. The summed E-state index contributed by atoms with van der Waals surface area (Å²) in [6, 6.07) is 5.39. The Morgan fingerprint density at radius 2 is 2.12 bits per heavy atom. The van der Waals surface area contributed by atoms with Crippen molar-refractivity contribution in [2.24, 2.45) is 0 Å². The number of pyridine rings is 2. The molecular formula is C17H17N3O4. The van der Waals surface area contributed by atoms with Gasteiger partial charge in [-0.15, -0.1) is 0 Å². The molecule has 124 valence electrons. The summed E-state index contributed by atoms with van der Waals surface area (Å²) in [5, 5.41) is 0. The van der Waals surface area contributed by atoms with Gasteiger partial charge in [-0.05, 0) is 6.07 Å². The number of rotatable bonds is 8. The van der Waals surface area contributed by atoms with Crippen molar-refractivity contribution in [3.05, 3.63) is 54.1 Å². The van der Waals surface area contributed by atoms with Crippen LogP contribution in [0.15, 0.2) is 43.0 Å². The number of methoxy groups -OCH3 is 1. The molecule has 0 saturated carbocycles. The van der Waals surface area contributed by atoms with E-state index in [2.05, 4.69) is 9.97 Å². The molecule has 7 heteroatoms. The minimum Gasteiger partial charge on any atom is -0.486 e. The number of hydrogen-bond acceptors (Lipinski definition) is 6. The van der Waals surface area contributed by atoms with Crippen LogP contribution in [0.3, 0.4) is 0 Å². The molecule has 3 rings (SSSR count). The molecule has 3 aromatic heterocycles. The Kier molecular flexibility index (Phi) is 5.02. The minimum atomic E-state index is 0.285. The zero-order valence-electron chi connectivity index (χ0n) is 13.2. The summed E-state index contributed by atoms with van der Waals surface area (Å²) >= 11 is 0. The number of carbonyl (C=O) groups is 1. The van der Waals surface area contributed by atoms with Crippen LogP contribution in [0.1, 0.15) is 15.9 Å². The Hall–Kier alpha value is -2.93. The van der Waals surface area contributed by atoms with Gasteiger partial charge < -0.3 is 18.6 Å². The lowest BCUT2D eigenvalue weighted by molar-refractivity contribution is 0.111. The van der Waals surface area contributed by atoms with Crippen molar-refractivity contribution in [1.29, 1.82) is 0 Å². The number of ether oxygens (including phenoxy) is 3. The normalized spacial score (nSPS) is 10.7. The van der Waals surface area contributed by atoms with E-state index in [1.807, 2.05) is 28.9 Å². The highest BCUT2D eigenvalue weighted by molar-refractivity contribution is 5.79. The number of fused-ring (bicyclic) bond motifs is 1. The van der Waals surface area contributed by atoms with Gasteiger partial charge >= 0.3 is 0 Å². The highest BCUT2D eigenvalue weighted by atomic mass is 16.5. The van der Waals surface area contributed by atoms with Crippen LogP contribution in [0.2, 0.25) is 0 Å². The van der Waals surface area contributed by atoms with E-state index in [0.717, 1.165) is 17.5 Å².